The second-order valence-electron chi connectivity index (χ2n) is 4.06. The molecule has 0 radical (unpaired) electrons. The molecule has 0 amide bonds. The molecule has 0 saturated heterocycles. The van der Waals surface area contributed by atoms with Crippen molar-refractivity contribution in [2.45, 2.75) is 19.5 Å². The molecule has 5 heteroatoms. The zero-order valence-corrected chi connectivity index (χ0v) is 11.5. The van der Waals surface area contributed by atoms with E-state index < -0.39 is 0 Å². The predicted octanol–water partition coefficient (Wildman–Crippen LogP) is 2.90. The Morgan fingerprint density at radius 3 is 2.84 bits per heavy atom. The zero-order chi connectivity index (χ0) is 13.5. The highest BCUT2D eigenvalue weighted by Crippen LogP contribution is 2.16. The van der Waals surface area contributed by atoms with Crippen LogP contribution in [-0.2, 0) is 6.54 Å². The van der Waals surface area contributed by atoms with Crippen LogP contribution in [0, 0.1) is 11.3 Å². The minimum absolute atomic E-state index is 0.0820. The van der Waals surface area contributed by atoms with E-state index >= 15 is 0 Å². The third-order valence-corrected chi connectivity index (χ3v) is 3.62. The number of ether oxygens (including phenoxy) is 1. The summed E-state index contributed by atoms with van der Waals surface area (Å²) in [5.41, 5.74) is 1.17. The number of hydrogen-bond acceptors (Lipinski definition) is 5. The maximum Gasteiger partial charge on any atom is 0.174 e. The molecule has 0 fully saturated rings. The lowest BCUT2D eigenvalue weighted by molar-refractivity contribution is 0.368. The summed E-state index contributed by atoms with van der Waals surface area (Å²) >= 11 is 1.65. The Kier molecular flexibility index (Phi) is 4.90. The van der Waals surface area contributed by atoms with Gasteiger partial charge in [-0.3, -0.25) is 0 Å². The molecule has 0 saturated carbocycles. The number of rotatable bonds is 6. The first-order chi connectivity index (χ1) is 9.29. The van der Waals surface area contributed by atoms with Gasteiger partial charge in [0.05, 0.1) is 6.04 Å². The van der Waals surface area contributed by atoms with Crippen LogP contribution < -0.4 is 10.1 Å². The summed E-state index contributed by atoms with van der Waals surface area (Å²) in [5.74, 6) is 0.721. The predicted molar refractivity (Wildman–Crippen MR) is 74.9 cm³/mol. The monoisotopic (exact) mass is 273 g/mol. The van der Waals surface area contributed by atoms with Crippen LogP contribution in [0.15, 0.2) is 35.8 Å². The average molecular weight is 273 g/mol. The smallest absolute Gasteiger partial charge is 0.174 e. The second kappa shape index (κ2) is 6.88. The molecule has 1 atom stereocenters. The SMILES string of the molecule is CC(NCc1ccc(OCC#N)cc1)c1nccs1. The molecule has 0 aliphatic carbocycles. The fourth-order valence-electron chi connectivity index (χ4n) is 1.63. The molecule has 98 valence electrons. The molecule has 1 unspecified atom stereocenters. The fourth-order valence-corrected chi connectivity index (χ4v) is 2.30. The molecular weight excluding hydrogens is 258 g/mol. The third-order valence-electron chi connectivity index (χ3n) is 2.66. The highest BCUT2D eigenvalue weighted by molar-refractivity contribution is 7.09. The average Bonchev–Trinajstić information content (AvgIpc) is 2.98. The van der Waals surface area contributed by atoms with E-state index in [-0.39, 0.29) is 12.6 Å². The van der Waals surface area contributed by atoms with Gasteiger partial charge >= 0.3 is 0 Å². The van der Waals surface area contributed by atoms with Crippen molar-refractivity contribution >= 4 is 11.3 Å². The molecule has 2 aromatic rings. The van der Waals surface area contributed by atoms with E-state index in [1.807, 2.05) is 41.9 Å². The van der Waals surface area contributed by atoms with E-state index in [4.69, 9.17) is 10.00 Å². The van der Waals surface area contributed by atoms with Gasteiger partial charge in [-0.25, -0.2) is 4.98 Å². The lowest BCUT2D eigenvalue weighted by Gasteiger charge is -2.11. The molecule has 0 aliphatic heterocycles. The number of nitriles is 1. The van der Waals surface area contributed by atoms with Crippen LogP contribution in [0.5, 0.6) is 5.75 Å². The first-order valence-electron chi connectivity index (χ1n) is 6.01. The Hall–Kier alpha value is -1.90. The van der Waals surface area contributed by atoms with Crippen LogP contribution in [0.4, 0.5) is 0 Å². The lowest BCUT2D eigenvalue weighted by atomic mass is 10.2. The van der Waals surface area contributed by atoms with Crippen LogP contribution in [0.2, 0.25) is 0 Å². The van der Waals surface area contributed by atoms with Crippen molar-refractivity contribution in [3.63, 3.8) is 0 Å². The van der Waals surface area contributed by atoms with E-state index in [0.29, 0.717) is 0 Å². The Labute approximate surface area is 116 Å². The number of nitrogens with zero attached hydrogens (tertiary/aromatic N) is 2. The maximum absolute atomic E-state index is 8.43. The van der Waals surface area contributed by atoms with Gasteiger partial charge in [0.25, 0.3) is 0 Å². The number of hydrogen-bond donors (Lipinski definition) is 1. The second-order valence-corrected chi connectivity index (χ2v) is 4.99. The third kappa shape index (κ3) is 4.05. The van der Waals surface area contributed by atoms with Gasteiger partial charge in [-0.15, -0.1) is 11.3 Å². The standard InChI is InChI=1S/C14H15N3OS/c1-11(14-16-7-9-19-14)17-10-12-2-4-13(5-3-12)18-8-6-15/h2-5,7,9,11,17H,8,10H2,1H3. The number of nitrogens with one attached hydrogen (secondary N) is 1. The Morgan fingerprint density at radius 2 is 2.21 bits per heavy atom. The molecule has 2 rings (SSSR count). The van der Waals surface area contributed by atoms with Gasteiger partial charge in [-0.05, 0) is 24.6 Å². The summed E-state index contributed by atoms with van der Waals surface area (Å²) in [6.45, 7) is 2.96. The maximum atomic E-state index is 8.43. The summed E-state index contributed by atoms with van der Waals surface area (Å²) in [7, 11) is 0. The highest BCUT2D eigenvalue weighted by atomic mass is 32.1. The van der Waals surface area contributed by atoms with Crippen molar-refractivity contribution in [2.24, 2.45) is 0 Å². The molecule has 1 aromatic heterocycles. The van der Waals surface area contributed by atoms with Gasteiger partial charge in [0, 0.05) is 18.1 Å². The zero-order valence-electron chi connectivity index (χ0n) is 10.7. The molecule has 0 spiro atoms. The minimum Gasteiger partial charge on any atom is -0.479 e. The van der Waals surface area contributed by atoms with Crippen LogP contribution in [0.25, 0.3) is 0 Å². The quantitative estimate of drug-likeness (QED) is 0.879. The number of benzene rings is 1. The van der Waals surface area contributed by atoms with Gasteiger partial charge < -0.3 is 10.1 Å². The van der Waals surface area contributed by atoms with Crippen LogP contribution >= 0.6 is 11.3 Å². The summed E-state index contributed by atoms with van der Waals surface area (Å²) in [6, 6.07) is 9.93. The molecule has 19 heavy (non-hydrogen) atoms. The summed E-state index contributed by atoms with van der Waals surface area (Å²) in [6.07, 6.45) is 1.82. The van der Waals surface area contributed by atoms with Gasteiger partial charge in [-0.1, -0.05) is 12.1 Å². The minimum atomic E-state index is 0.0820. The van der Waals surface area contributed by atoms with Crippen LogP contribution in [0.3, 0.4) is 0 Å². The fraction of sp³-hybridized carbons (Fsp3) is 0.286. The van der Waals surface area contributed by atoms with Crippen molar-refractivity contribution in [3.05, 3.63) is 46.4 Å². The van der Waals surface area contributed by atoms with E-state index in [9.17, 15) is 0 Å². The first kappa shape index (κ1) is 13.5. The van der Waals surface area contributed by atoms with Crippen LogP contribution in [0.1, 0.15) is 23.5 Å². The van der Waals surface area contributed by atoms with Gasteiger partial charge in [-0.2, -0.15) is 5.26 Å². The lowest BCUT2D eigenvalue weighted by Crippen LogP contribution is -2.17. The molecule has 0 aliphatic rings. The number of thiazole rings is 1. The molecule has 4 nitrogen and oxygen atoms in total. The number of aromatic nitrogens is 1. The Morgan fingerprint density at radius 1 is 1.42 bits per heavy atom. The normalized spacial score (nSPS) is 11.8. The Bertz CT molecular complexity index is 531. The Balaban J connectivity index is 1.85. The highest BCUT2D eigenvalue weighted by Gasteiger charge is 2.06. The molecular formula is C14H15N3OS. The van der Waals surface area contributed by atoms with Gasteiger partial charge in [0.2, 0.25) is 0 Å². The molecule has 1 aromatic carbocycles. The van der Waals surface area contributed by atoms with Crippen molar-refractivity contribution in [1.29, 1.82) is 5.26 Å². The summed E-state index contributed by atoms with van der Waals surface area (Å²) < 4.78 is 5.20. The van der Waals surface area contributed by atoms with E-state index in [2.05, 4.69) is 17.2 Å². The van der Waals surface area contributed by atoms with Crippen molar-refractivity contribution < 1.29 is 4.74 Å². The summed E-state index contributed by atoms with van der Waals surface area (Å²) in [4.78, 5) is 4.28. The van der Waals surface area contributed by atoms with E-state index in [1.165, 1.54) is 5.56 Å². The van der Waals surface area contributed by atoms with E-state index in [1.54, 1.807) is 11.3 Å². The van der Waals surface area contributed by atoms with Crippen molar-refractivity contribution in [1.82, 2.24) is 10.3 Å². The topological polar surface area (TPSA) is 57.9 Å². The van der Waals surface area contributed by atoms with Crippen molar-refractivity contribution in [3.8, 4) is 11.8 Å². The van der Waals surface area contributed by atoms with Gasteiger partial charge in [0.15, 0.2) is 6.61 Å². The van der Waals surface area contributed by atoms with Crippen LogP contribution in [-0.4, -0.2) is 11.6 Å². The first-order valence-corrected chi connectivity index (χ1v) is 6.89. The molecule has 1 N–H and O–H groups in total. The summed E-state index contributed by atoms with van der Waals surface area (Å²) in [5, 5.41) is 14.9. The van der Waals surface area contributed by atoms with Crippen molar-refractivity contribution in [2.75, 3.05) is 6.61 Å². The molecule has 0 bridgehead atoms. The molecule has 1 heterocycles. The van der Waals surface area contributed by atoms with E-state index in [0.717, 1.165) is 17.3 Å². The largest absolute Gasteiger partial charge is 0.479 e. The van der Waals surface area contributed by atoms with Gasteiger partial charge in [0.1, 0.15) is 16.8 Å².